The number of hydrogen-bond acceptors (Lipinski definition) is 6. The summed E-state index contributed by atoms with van der Waals surface area (Å²) in [6, 6.07) is 5.24. The van der Waals surface area contributed by atoms with Crippen molar-refractivity contribution in [3.05, 3.63) is 29.3 Å². The number of thiazole rings is 1. The molecule has 1 fully saturated rings. The highest BCUT2D eigenvalue weighted by atomic mass is 32.1. The second-order valence-electron chi connectivity index (χ2n) is 5.73. The Kier molecular flexibility index (Phi) is 4.89. The number of carbonyl (C=O) groups is 2. The average molecular weight is 361 g/mol. The lowest BCUT2D eigenvalue weighted by Crippen LogP contribution is -2.28. The zero-order chi connectivity index (χ0) is 18.0. The lowest BCUT2D eigenvalue weighted by molar-refractivity contribution is -0.122. The Morgan fingerprint density at radius 3 is 2.80 bits per heavy atom. The van der Waals surface area contributed by atoms with Crippen LogP contribution in [0.4, 0.5) is 10.8 Å². The first-order valence-electron chi connectivity index (χ1n) is 7.77. The van der Waals surface area contributed by atoms with Crippen LogP contribution in [0.25, 0.3) is 0 Å². The van der Waals surface area contributed by atoms with Gasteiger partial charge in [-0.3, -0.25) is 9.59 Å². The largest absolute Gasteiger partial charge is 0.497 e. The van der Waals surface area contributed by atoms with Crippen LogP contribution in [-0.4, -0.2) is 37.6 Å². The minimum atomic E-state index is -0.437. The fraction of sp³-hybridized carbons (Fsp3) is 0.353. The number of methoxy groups -OCH3 is 2. The van der Waals surface area contributed by atoms with Crippen LogP contribution in [0.2, 0.25) is 0 Å². The Morgan fingerprint density at radius 1 is 1.36 bits per heavy atom. The molecule has 1 saturated heterocycles. The van der Waals surface area contributed by atoms with Gasteiger partial charge >= 0.3 is 0 Å². The van der Waals surface area contributed by atoms with Crippen LogP contribution in [0.1, 0.15) is 12.1 Å². The molecule has 1 N–H and O–H groups in total. The molecule has 0 radical (unpaired) electrons. The van der Waals surface area contributed by atoms with Crippen LogP contribution in [0.5, 0.6) is 11.5 Å². The first kappa shape index (κ1) is 17.2. The molecular formula is C17H19N3O4S. The summed E-state index contributed by atoms with van der Waals surface area (Å²) < 4.78 is 10.6. The van der Waals surface area contributed by atoms with Crippen molar-refractivity contribution >= 4 is 34.0 Å². The Bertz CT molecular complexity index is 805. The summed E-state index contributed by atoms with van der Waals surface area (Å²) in [6.07, 6.45) is 0.149. The SMILES string of the molecule is COc1ccc(OC)c(N2CC(C(=O)Nc3nc(C)cs3)CC2=O)c1. The maximum atomic E-state index is 12.5. The van der Waals surface area contributed by atoms with Gasteiger partial charge in [0.25, 0.3) is 0 Å². The van der Waals surface area contributed by atoms with Crippen molar-refractivity contribution < 1.29 is 19.1 Å². The lowest BCUT2D eigenvalue weighted by atomic mass is 10.1. The highest BCUT2D eigenvalue weighted by Gasteiger charge is 2.36. The minimum Gasteiger partial charge on any atom is -0.497 e. The van der Waals surface area contributed by atoms with Gasteiger partial charge in [-0.1, -0.05) is 0 Å². The molecule has 1 aliphatic rings. The number of carbonyl (C=O) groups excluding carboxylic acids is 2. The number of hydrogen-bond donors (Lipinski definition) is 1. The molecule has 1 atom stereocenters. The Labute approximate surface area is 149 Å². The number of rotatable bonds is 5. The zero-order valence-electron chi connectivity index (χ0n) is 14.2. The van der Waals surface area contributed by atoms with Crippen molar-refractivity contribution in [2.24, 2.45) is 5.92 Å². The molecule has 7 nitrogen and oxygen atoms in total. The standard InChI is InChI=1S/C17H19N3O4S/c1-10-9-25-17(18-10)19-16(22)11-6-15(21)20(8-11)13-7-12(23-2)4-5-14(13)24-3/h4-5,7,9,11H,6,8H2,1-3H3,(H,18,19,22). The van der Waals surface area contributed by atoms with Gasteiger partial charge in [0, 0.05) is 24.4 Å². The van der Waals surface area contributed by atoms with E-state index in [4.69, 9.17) is 9.47 Å². The van der Waals surface area contributed by atoms with E-state index in [0.717, 1.165) is 5.69 Å². The number of anilines is 2. The number of nitrogens with zero attached hydrogens (tertiary/aromatic N) is 2. The third kappa shape index (κ3) is 3.58. The first-order valence-corrected chi connectivity index (χ1v) is 8.65. The summed E-state index contributed by atoms with van der Waals surface area (Å²) in [4.78, 5) is 30.7. The molecule has 1 aromatic carbocycles. The summed E-state index contributed by atoms with van der Waals surface area (Å²) in [5.74, 6) is 0.419. The van der Waals surface area contributed by atoms with E-state index in [0.29, 0.717) is 28.9 Å². The van der Waals surface area contributed by atoms with Gasteiger partial charge in [-0.2, -0.15) is 0 Å². The van der Waals surface area contributed by atoms with Gasteiger partial charge in [0.2, 0.25) is 11.8 Å². The molecule has 0 bridgehead atoms. The molecule has 1 aromatic heterocycles. The fourth-order valence-corrected chi connectivity index (χ4v) is 3.43. The van der Waals surface area contributed by atoms with E-state index in [-0.39, 0.29) is 18.2 Å². The Balaban J connectivity index is 1.77. The predicted octanol–water partition coefficient (Wildman–Crippen LogP) is 2.46. The molecule has 3 rings (SSSR count). The van der Waals surface area contributed by atoms with Gasteiger partial charge in [0.15, 0.2) is 5.13 Å². The van der Waals surface area contributed by atoms with Crippen LogP contribution in [0.3, 0.4) is 0 Å². The van der Waals surface area contributed by atoms with E-state index < -0.39 is 5.92 Å². The lowest BCUT2D eigenvalue weighted by Gasteiger charge is -2.20. The van der Waals surface area contributed by atoms with E-state index in [1.54, 1.807) is 37.3 Å². The second kappa shape index (κ2) is 7.10. The van der Waals surface area contributed by atoms with Crippen molar-refractivity contribution in [2.45, 2.75) is 13.3 Å². The topological polar surface area (TPSA) is 80.8 Å². The van der Waals surface area contributed by atoms with Gasteiger partial charge in [0.05, 0.1) is 31.5 Å². The average Bonchev–Trinajstić information content (AvgIpc) is 3.19. The minimum absolute atomic E-state index is 0.123. The Morgan fingerprint density at radius 2 is 2.16 bits per heavy atom. The molecule has 2 heterocycles. The van der Waals surface area contributed by atoms with Crippen LogP contribution >= 0.6 is 11.3 Å². The van der Waals surface area contributed by atoms with E-state index >= 15 is 0 Å². The third-order valence-electron chi connectivity index (χ3n) is 4.02. The van der Waals surface area contributed by atoms with Crippen molar-refractivity contribution in [1.82, 2.24) is 4.98 Å². The van der Waals surface area contributed by atoms with Gasteiger partial charge in [-0.05, 0) is 19.1 Å². The van der Waals surface area contributed by atoms with Crippen molar-refractivity contribution in [2.75, 3.05) is 31.0 Å². The summed E-state index contributed by atoms with van der Waals surface area (Å²) in [6.45, 7) is 2.15. The second-order valence-corrected chi connectivity index (χ2v) is 6.58. The molecule has 2 aromatic rings. The third-order valence-corrected chi connectivity index (χ3v) is 4.90. The summed E-state index contributed by atoms with van der Waals surface area (Å²) >= 11 is 1.37. The molecule has 2 amide bonds. The number of aryl methyl sites for hydroxylation is 1. The fourth-order valence-electron chi connectivity index (χ4n) is 2.74. The molecule has 0 spiro atoms. The van der Waals surface area contributed by atoms with E-state index in [1.165, 1.54) is 11.3 Å². The van der Waals surface area contributed by atoms with Crippen molar-refractivity contribution in [3.8, 4) is 11.5 Å². The molecule has 1 unspecified atom stereocenters. The number of amides is 2. The van der Waals surface area contributed by atoms with Crippen molar-refractivity contribution in [3.63, 3.8) is 0 Å². The first-order chi connectivity index (χ1) is 12.0. The van der Waals surface area contributed by atoms with Crippen LogP contribution in [-0.2, 0) is 9.59 Å². The number of nitrogens with one attached hydrogen (secondary N) is 1. The van der Waals surface area contributed by atoms with E-state index in [9.17, 15) is 9.59 Å². The normalized spacial score (nSPS) is 16.8. The summed E-state index contributed by atoms with van der Waals surface area (Å²) in [5, 5.41) is 5.19. The molecule has 1 aliphatic heterocycles. The summed E-state index contributed by atoms with van der Waals surface area (Å²) in [5.41, 5.74) is 1.46. The molecule has 0 saturated carbocycles. The van der Waals surface area contributed by atoms with E-state index in [1.807, 2.05) is 12.3 Å². The van der Waals surface area contributed by atoms with Gasteiger partial charge in [-0.25, -0.2) is 4.98 Å². The molecule has 132 valence electrons. The van der Waals surface area contributed by atoms with Crippen molar-refractivity contribution in [1.29, 1.82) is 0 Å². The molecule has 25 heavy (non-hydrogen) atoms. The predicted molar refractivity (Wildman–Crippen MR) is 95.5 cm³/mol. The highest BCUT2D eigenvalue weighted by Crippen LogP contribution is 2.36. The zero-order valence-corrected chi connectivity index (χ0v) is 15.1. The van der Waals surface area contributed by atoms with Gasteiger partial charge < -0.3 is 19.7 Å². The molecule has 8 heteroatoms. The maximum absolute atomic E-state index is 12.5. The molecule has 0 aliphatic carbocycles. The van der Waals surface area contributed by atoms with E-state index in [2.05, 4.69) is 10.3 Å². The number of ether oxygens (including phenoxy) is 2. The van der Waals surface area contributed by atoms with Crippen LogP contribution in [0.15, 0.2) is 23.6 Å². The highest BCUT2D eigenvalue weighted by molar-refractivity contribution is 7.13. The smallest absolute Gasteiger partial charge is 0.231 e. The number of benzene rings is 1. The molecular weight excluding hydrogens is 342 g/mol. The van der Waals surface area contributed by atoms with Crippen LogP contribution in [0, 0.1) is 12.8 Å². The summed E-state index contributed by atoms with van der Waals surface area (Å²) in [7, 11) is 3.10. The maximum Gasteiger partial charge on any atom is 0.231 e. The van der Waals surface area contributed by atoms with Gasteiger partial charge in [0.1, 0.15) is 11.5 Å². The Hall–Kier alpha value is -2.61. The van der Waals surface area contributed by atoms with Gasteiger partial charge in [-0.15, -0.1) is 11.3 Å². The number of aromatic nitrogens is 1. The van der Waals surface area contributed by atoms with Crippen LogP contribution < -0.4 is 19.7 Å². The quantitative estimate of drug-likeness (QED) is 0.885. The monoisotopic (exact) mass is 361 g/mol.